The molecule has 1 heterocycles. The second-order valence-electron chi connectivity index (χ2n) is 5.48. The first kappa shape index (κ1) is 13.2. The second kappa shape index (κ2) is 4.63. The maximum absolute atomic E-state index is 11.8. The fraction of sp³-hybridized carbons (Fsp3) is 0.188. The van der Waals surface area contributed by atoms with E-state index in [-0.39, 0.29) is 5.91 Å². The Morgan fingerprint density at radius 1 is 1.15 bits per heavy atom. The van der Waals surface area contributed by atoms with Crippen LogP contribution in [-0.2, 0) is 4.79 Å². The normalized spacial score (nSPS) is 19.1. The molecular weight excluding hydrogens is 316 g/mol. The summed E-state index contributed by atoms with van der Waals surface area (Å²) in [6.07, 6.45) is 2.03. The van der Waals surface area contributed by atoms with Crippen LogP contribution in [0.3, 0.4) is 0 Å². The monoisotopic (exact) mass is 330 g/mol. The molecule has 0 aliphatic carbocycles. The highest BCUT2D eigenvalue weighted by atomic mass is 79.9. The fourth-order valence-electron chi connectivity index (χ4n) is 2.35. The van der Waals surface area contributed by atoms with Crippen LogP contribution in [0.1, 0.15) is 19.4 Å². The summed E-state index contributed by atoms with van der Waals surface area (Å²) < 4.78 is 1.03. The maximum Gasteiger partial charge on any atom is 0.249 e. The molecule has 4 heteroatoms. The van der Waals surface area contributed by atoms with E-state index in [1.54, 1.807) is 0 Å². The predicted molar refractivity (Wildman–Crippen MR) is 84.7 cm³/mol. The largest absolute Gasteiger partial charge is 0.302 e. The van der Waals surface area contributed by atoms with E-state index in [0.717, 1.165) is 15.7 Å². The lowest BCUT2D eigenvalue weighted by Crippen LogP contribution is -2.28. The van der Waals surface area contributed by atoms with Gasteiger partial charge in [-0.2, -0.15) is 0 Å². The van der Waals surface area contributed by atoms with Crippen LogP contribution >= 0.6 is 15.9 Å². The molecule has 1 aliphatic rings. The Morgan fingerprint density at radius 2 is 1.90 bits per heavy atom. The average Bonchev–Trinajstić information content (AvgIpc) is 2.65. The van der Waals surface area contributed by atoms with Gasteiger partial charge < -0.3 is 5.43 Å². The molecule has 0 saturated carbocycles. The number of fused-ring (bicyclic) bond motifs is 1. The molecule has 2 aromatic carbocycles. The molecule has 102 valence electrons. The number of rotatable bonds is 1. The number of benzene rings is 2. The molecule has 0 atom stereocenters. The summed E-state index contributed by atoms with van der Waals surface area (Å²) in [6, 6.07) is 12.4. The molecule has 1 aliphatic heterocycles. The quantitative estimate of drug-likeness (QED) is 0.838. The van der Waals surface area contributed by atoms with Gasteiger partial charge in [0.05, 0.1) is 5.41 Å². The number of hydrogen-bond acceptors (Lipinski definition) is 2. The summed E-state index contributed by atoms with van der Waals surface area (Å²) in [4.78, 5) is 11.8. The van der Waals surface area contributed by atoms with Crippen LogP contribution in [0.15, 0.2) is 46.6 Å². The van der Waals surface area contributed by atoms with Crippen LogP contribution in [0.25, 0.3) is 16.8 Å². The smallest absolute Gasteiger partial charge is 0.249 e. The highest BCUT2D eigenvalue weighted by molar-refractivity contribution is 9.10. The Hall–Kier alpha value is -1.81. The van der Waals surface area contributed by atoms with Gasteiger partial charge in [0.1, 0.15) is 0 Å². The minimum Gasteiger partial charge on any atom is -0.302 e. The van der Waals surface area contributed by atoms with Crippen molar-refractivity contribution in [2.45, 2.75) is 13.8 Å². The van der Waals surface area contributed by atoms with Crippen LogP contribution in [0, 0.1) is 5.41 Å². The zero-order valence-electron chi connectivity index (χ0n) is 11.3. The van der Waals surface area contributed by atoms with E-state index in [9.17, 15) is 4.79 Å². The third-order valence-electron chi connectivity index (χ3n) is 3.71. The van der Waals surface area contributed by atoms with Gasteiger partial charge in [0.2, 0.25) is 5.91 Å². The molecule has 1 amide bonds. The minimum atomic E-state index is -0.538. The van der Waals surface area contributed by atoms with E-state index in [1.165, 1.54) is 10.8 Å². The molecule has 1 saturated heterocycles. The summed E-state index contributed by atoms with van der Waals surface area (Å²) >= 11 is 3.54. The molecule has 2 aromatic rings. The van der Waals surface area contributed by atoms with Gasteiger partial charge in [-0.1, -0.05) is 40.2 Å². The summed E-state index contributed by atoms with van der Waals surface area (Å²) in [5.74, 6) is -0.0111. The lowest BCUT2D eigenvalue weighted by atomic mass is 9.88. The first-order valence-corrected chi connectivity index (χ1v) is 7.25. The van der Waals surface area contributed by atoms with Gasteiger partial charge in [0.15, 0.2) is 0 Å². The molecule has 20 heavy (non-hydrogen) atoms. The number of hydrogen-bond donors (Lipinski definition) is 2. The van der Waals surface area contributed by atoms with Crippen molar-refractivity contribution in [3.8, 4) is 0 Å². The third kappa shape index (κ3) is 2.10. The van der Waals surface area contributed by atoms with Crippen molar-refractivity contribution in [2.24, 2.45) is 5.41 Å². The Balaban J connectivity index is 2.18. The minimum absolute atomic E-state index is 0.0111. The van der Waals surface area contributed by atoms with E-state index in [2.05, 4.69) is 51.0 Å². The lowest BCUT2D eigenvalue weighted by molar-refractivity contribution is -0.125. The first-order valence-electron chi connectivity index (χ1n) is 6.45. The molecule has 0 radical (unpaired) electrons. The fourth-order valence-corrected chi connectivity index (χ4v) is 2.85. The van der Waals surface area contributed by atoms with Crippen LogP contribution in [0.4, 0.5) is 0 Å². The summed E-state index contributed by atoms with van der Waals surface area (Å²) in [5.41, 5.74) is 7.08. The van der Waals surface area contributed by atoms with Gasteiger partial charge in [0.25, 0.3) is 0 Å². The molecule has 0 spiro atoms. The zero-order valence-corrected chi connectivity index (χ0v) is 12.9. The van der Waals surface area contributed by atoms with Gasteiger partial charge in [-0.3, -0.25) is 10.2 Å². The molecule has 2 N–H and O–H groups in total. The van der Waals surface area contributed by atoms with Gasteiger partial charge >= 0.3 is 0 Å². The average molecular weight is 331 g/mol. The molecule has 3 rings (SSSR count). The Bertz CT molecular complexity index is 734. The number of nitrogens with one attached hydrogen (secondary N) is 2. The number of hydrazine groups is 1. The predicted octanol–water partition coefficient (Wildman–Crippen LogP) is 3.60. The lowest BCUT2D eigenvalue weighted by Gasteiger charge is -2.15. The van der Waals surface area contributed by atoms with E-state index < -0.39 is 5.41 Å². The van der Waals surface area contributed by atoms with Crippen LogP contribution in [-0.4, -0.2) is 5.91 Å². The van der Waals surface area contributed by atoms with Gasteiger partial charge in [-0.05, 0) is 48.4 Å². The number of amides is 1. The van der Waals surface area contributed by atoms with Crippen molar-refractivity contribution in [3.63, 3.8) is 0 Å². The van der Waals surface area contributed by atoms with Crippen molar-refractivity contribution < 1.29 is 4.79 Å². The molecular formula is C16H15BrN2O. The number of carbonyl (C=O) groups is 1. The highest BCUT2D eigenvalue weighted by Gasteiger charge is 2.37. The van der Waals surface area contributed by atoms with Crippen LogP contribution < -0.4 is 10.9 Å². The molecule has 0 aromatic heterocycles. The third-order valence-corrected chi connectivity index (χ3v) is 4.17. The number of halogens is 1. The Kier molecular flexibility index (Phi) is 3.05. The van der Waals surface area contributed by atoms with Crippen LogP contribution in [0.5, 0.6) is 0 Å². The summed E-state index contributed by atoms with van der Waals surface area (Å²) in [6.45, 7) is 3.82. The van der Waals surface area contributed by atoms with Crippen LogP contribution in [0.2, 0.25) is 0 Å². The summed E-state index contributed by atoms with van der Waals surface area (Å²) in [5, 5.41) is 2.34. The number of carbonyl (C=O) groups excluding carboxylic acids is 1. The Labute approximate surface area is 126 Å². The van der Waals surface area contributed by atoms with Gasteiger partial charge in [-0.15, -0.1) is 0 Å². The molecule has 0 unspecified atom stereocenters. The van der Waals surface area contributed by atoms with Gasteiger partial charge in [-0.25, -0.2) is 0 Å². The van der Waals surface area contributed by atoms with Crippen molar-refractivity contribution >= 4 is 38.7 Å². The SMILES string of the molecule is CC1(C)C(=O)NN/C1=C\c1cc(Br)cc2ccccc12. The second-order valence-corrected chi connectivity index (χ2v) is 6.39. The summed E-state index contributed by atoms with van der Waals surface area (Å²) in [7, 11) is 0. The highest BCUT2D eigenvalue weighted by Crippen LogP contribution is 2.32. The molecule has 0 bridgehead atoms. The Morgan fingerprint density at radius 3 is 2.60 bits per heavy atom. The van der Waals surface area contributed by atoms with Crippen molar-refractivity contribution in [1.29, 1.82) is 0 Å². The first-order chi connectivity index (χ1) is 9.48. The van der Waals surface area contributed by atoms with E-state index in [0.29, 0.717) is 0 Å². The van der Waals surface area contributed by atoms with E-state index in [4.69, 9.17) is 0 Å². The maximum atomic E-state index is 11.8. The van der Waals surface area contributed by atoms with Crippen molar-refractivity contribution in [2.75, 3.05) is 0 Å². The van der Waals surface area contributed by atoms with Crippen molar-refractivity contribution in [1.82, 2.24) is 10.9 Å². The molecule has 3 nitrogen and oxygen atoms in total. The molecule has 1 fully saturated rings. The topological polar surface area (TPSA) is 41.1 Å². The van der Waals surface area contributed by atoms with Gasteiger partial charge in [0, 0.05) is 10.2 Å². The van der Waals surface area contributed by atoms with E-state index in [1.807, 2.05) is 32.1 Å². The zero-order chi connectivity index (χ0) is 14.3. The standard InChI is InChI=1S/C16H15BrN2O/c1-16(2)14(18-19-15(16)20)9-11-8-12(17)7-10-5-3-4-6-13(10)11/h3-9,18H,1-2H3,(H,19,20)/b14-9-. The van der Waals surface area contributed by atoms with Crippen molar-refractivity contribution in [3.05, 3.63) is 52.1 Å². The van der Waals surface area contributed by atoms with E-state index >= 15 is 0 Å².